The molecule has 0 radical (unpaired) electrons. The van der Waals surface area contributed by atoms with E-state index in [0.29, 0.717) is 6.42 Å². The number of rotatable bonds is 2. The molecule has 1 aliphatic heterocycles. The summed E-state index contributed by atoms with van der Waals surface area (Å²) in [7, 11) is 0. The number of carbonyl (C=O) groups excluding carboxylic acids is 1. The van der Waals surface area contributed by atoms with Crippen LogP contribution in [0.1, 0.15) is 31.9 Å². The molecule has 0 spiro atoms. The molecule has 2 nitrogen and oxygen atoms in total. The minimum Gasteiger partial charge on any atom is -0.487 e. The second kappa shape index (κ2) is 3.37. The maximum atomic E-state index is 11.0. The number of benzene rings is 1. The molecule has 0 saturated carbocycles. The van der Waals surface area contributed by atoms with E-state index in [0.717, 1.165) is 17.7 Å². The van der Waals surface area contributed by atoms with E-state index >= 15 is 0 Å². The third kappa shape index (κ3) is 2.20. The lowest BCUT2D eigenvalue weighted by Crippen LogP contribution is -2.24. The molecule has 15 heavy (non-hydrogen) atoms. The first-order valence-electron chi connectivity index (χ1n) is 5.26. The molecule has 0 fully saturated rings. The number of ketones is 1. The van der Waals surface area contributed by atoms with Crippen LogP contribution < -0.4 is 4.74 Å². The molecule has 0 bridgehead atoms. The van der Waals surface area contributed by atoms with Gasteiger partial charge < -0.3 is 4.74 Å². The van der Waals surface area contributed by atoms with E-state index in [-0.39, 0.29) is 11.4 Å². The standard InChI is InChI=1S/C13H16O2/c1-9(14)6-10-4-5-12-11(7-10)8-13(2,3)15-12/h4-5,7H,6,8H2,1-3H3. The lowest BCUT2D eigenvalue weighted by molar-refractivity contribution is -0.116. The topological polar surface area (TPSA) is 26.3 Å². The first-order valence-corrected chi connectivity index (χ1v) is 5.26. The molecular formula is C13H16O2. The molecule has 1 heterocycles. The number of Topliss-reactive ketones (excluding diaryl/α,β-unsaturated/α-hetero) is 1. The van der Waals surface area contributed by atoms with Crippen LogP contribution in [-0.2, 0) is 17.6 Å². The second-order valence-electron chi connectivity index (χ2n) is 4.86. The van der Waals surface area contributed by atoms with E-state index in [2.05, 4.69) is 19.9 Å². The summed E-state index contributed by atoms with van der Waals surface area (Å²) in [5.74, 6) is 1.17. The highest BCUT2D eigenvalue weighted by Crippen LogP contribution is 2.35. The maximum Gasteiger partial charge on any atom is 0.134 e. The van der Waals surface area contributed by atoms with Crippen LogP contribution in [0.25, 0.3) is 0 Å². The summed E-state index contributed by atoms with van der Waals surface area (Å²) in [6.45, 7) is 5.78. The van der Waals surface area contributed by atoms with Gasteiger partial charge in [-0.3, -0.25) is 4.79 Å². The molecular weight excluding hydrogens is 188 g/mol. The molecule has 0 aliphatic carbocycles. The highest BCUT2D eigenvalue weighted by Gasteiger charge is 2.29. The van der Waals surface area contributed by atoms with Gasteiger partial charge in [0.15, 0.2) is 0 Å². The van der Waals surface area contributed by atoms with Crippen LogP contribution in [0, 0.1) is 0 Å². The Balaban J connectivity index is 2.26. The summed E-state index contributed by atoms with van der Waals surface area (Å²) in [5.41, 5.74) is 2.21. The zero-order valence-electron chi connectivity index (χ0n) is 9.46. The summed E-state index contributed by atoms with van der Waals surface area (Å²) in [6, 6.07) is 6.04. The fourth-order valence-corrected chi connectivity index (χ4v) is 2.06. The second-order valence-corrected chi connectivity index (χ2v) is 4.86. The molecule has 2 heteroatoms. The van der Waals surface area contributed by atoms with E-state index in [4.69, 9.17) is 4.74 Å². The number of hydrogen-bond donors (Lipinski definition) is 0. The van der Waals surface area contributed by atoms with Gasteiger partial charge in [-0.05, 0) is 38.0 Å². The summed E-state index contributed by atoms with van der Waals surface area (Å²) >= 11 is 0. The lowest BCUT2D eigenvalue weighted by atomic mass is 9.99. The Hall–Kier alpha value is -1.31. The summed E-state index contributed by atoms with van der Waals surface area (Å²) in [6.07, 6.45) is 1.45. The number of ether oxygens (including phenoxy) is 1. The summed E-state index contributed by atoms with van der Waals surface area (Å²) in [5, 5.41) is 0. The first kappa shape index (κ1) is 10.2. The van der Waals surface area contributed by atoms with Gasteiger partial charge in [0.1, 0.15) is 17.1 Å². The van der Waals surface area contributed by atoms with E-state index in [1.807, 2.05) is 12.1 Å². The zero-order chi connectivity index (χ0) is 11.1. The highest BCUT2D eigenvalue weighted by molar-refractivity contribution is 5.78. The molecule has 1 aliphatic rings. The van der Waals surface area contributed by atoms with Gasteiger partial charge in [0.05, 0.1) is 0 Å². The predicted octanol–water partition coefficient (Wildman–Crippen LogP) is 2.53. The highest BCUT2D eigenvalue weighted by atomic mass is 16.5. The largest absolute Gasteiger partial charge is 0.487 e. The molecule has 0 saturated heterocycles. The fraction of sp³-hybridized carbons (Fsp3) is 0.462. The number of carbonyl (C=O) groups is 1. The molecule has 0 unspecified atom stereocenters. The smallest absolute Gasteiger partial charge is 0.134 e. The van der Waals surface area contributed by atoms with Gasteiger partial charge in [-0.25, -0.2) is 0 Å². The number of hydrogen-bond acceptors (Lipinski definition) is 2. The lowest BCUT2D eigenvalue weighted by Gasteiger charge is -2.16. The molecule has 2 rings (SSSR count). The molecule has 1 aromatic rings. The van der Waals surface area contributed by atoms with Crippen molar-refractivity contribution in [2.45, 2.75) is 39.2 Å². The normalized spacial score (nSPS) is 17.0. The van der Waals surface area contributed by atoms with Gasteiger partial charge in [-0.1, -0.05) is 12.1 Å². The van der Waals surface area contributed by atoms with Crippen LogP contribution in [-0.4, -0.2) is 11.4 Å². The van der Waals surface area contributed by atoms with Crippen molar-refractivity contribution in [3.8, 4) is 5.75 Å². The van der Waals surface area contributed by atoms with Gasteiger partial charge in [0.25, 0.3) is 0 Å². The van der Waals surface area contributed by atoms with E-state index < -0.39 is 0 Å². The van der Waals surface area contributed by atoms with Crippen LogP contribution in [0.2, 0.25) is 0 Å². The van der Waals surface area contributed by atoms with Crippen LogP contribution in [0.4, 0.5) is 0 Å². The molecule has 80 valence electrons. The van der Waals surface area contributed by atoms with Crippen molar-refractivity contribution in [1.82, 2.24) is 0 Å². The Morgan fingerprint density at radius 1 is 1.47 bits per heavy atom. The zero-order valence-corrected chi connectivity index (χ0v) is 9.46. The summed E-state index contributed by atoms with van der Waals surface area (Å²) in [4.78, 5) is 11.0. The Morgan fingerprint density at radius 2 is 2.20 bits per heavy atom. The molecule has 1 aromatic carbocycles. The third-order valence-corrected chi connectivity index (χ3v) is 2.58. The SMILES string of the molecule is CC(=O)Cc1ccc2c(c1)CC(C)(C)O2. The van der Waals surface area contributed by atoms with Crippen molar-refractivity contribution < 1.29 is 9.53 Å². The third-order valence-electron chi connectivity index (χ3n) is 2.58. The monoisotopic (exact) mass is 204 g/mol. The van der Waals surface area contributed by atoms with Crippen molar-refractivity contribution in [1.29, 1.82) is 0 Å². The van der Waals surface area contributed by atoms with Gasteiger partial charge >= 0.3 is 0 Å². The van der Waals surface area contributed by atoms with Crippen LogP contribution in [0.15, 0.2) is 18.2 Å². The van der Waals surface area contributed by atoms with E-state index in [9.17, 15) is 4.79 Å². The minimum atomic E-state index is -0.100. The predicted molar refractivity (Wildman–Crippen MR) is 59.2 cm³/mol. The molecule has 0 amide bonds. The maximum absolute atomic E-state index is 11.0. The molecule has 0 N–H and O–H groups in total. The first-order chi connectivity index (χ1) is 6.96. The van der Waals surface area contributed by atoms with Crippen LogP contribution in [0.5, 0.6) is 5.75 Å². The van der Waals surface area contributed by atoms with Crippen molar-refractivity contribution in [2.75, 3.05) is 0 Å². The van der Waals surface area contributed by atoms with Gasteiger partial charge in [-0.15, -0.1) is 0 Å². The summed E-state index contributed by atoms with van der Waals surface area (Å²) < 4.78 is 5.77. The van der Waals surface area contributed by atoms with Crippen molar-refractivity contribution in [3.63, 3.8) is 0 Å². The number of fused-ring (bicyclic) bond motifs is 1. The fourth-order valence-electron chi connectivity index (χ4n) is 2.06. The Bertz CT molecular complexity index is 405. The van der Waals surface area contributed by atoms with E-state index in [1.165, 1.54) is 5.56 Å². The average molecular weight is 204 g/mol. The van der Waals surface area contributed by atoms with Crippen LogP contribution in [0.3, 0.4) is 0 Å². The Labute approximate surface area is 90.3 Å². The van der Waals surface area contributed by atoms with Gasteiger partial charge in [-0.2, -0.15) is 0 Å². The van der Waals surface area contributed by atoms with Crippen molar-refractivity contribution >= 4 is 5.78 Å². The van der Waals surface area contributed by atoms with Gasteiger partial charge in [0, 0.05) is 12.8 Å². The minimum absolute atomic E-state index is 0.100. The molecule has 0 aromatic heterocycles. The Morgan fingerprint density at radius 3 is 2.87 bits per heavy atom. The van der Waals surface area contributed by atoms with Crippen molar-refractivity contribution in [3.05, 3.63) is 29.3 Å². The molecule has 0 atom stereocenters. The quantitative estimate of drug-likeness (QED) is 0.740. The van der Waals surface area contributed by atoms with E-state index in [1.54, 1.807) is 6.92 Å². The van der Waals surface area contributed by atoms with Gasteiger partial charge in [0.2, 0.25) is 0 Å². The average Bonchev–Trinajstić information content (AvgIpc) is 2.36. The van der Waals surface area contributed by atoms with Crippen molar-refractivity contribution in [2.24, 2.45) is 0 Å². The Kier molecular flexibility index (Phi) is 2.29. The van der Waals surface area contributed by atoms with Crippen LogP contribution >= 0.6 is 0 Å².